The van der Waals surface area contributed by atoms with Gasteiger partial charge in [0.1, 0.15) is 11.6 Å². The van der Waals surface area contributed by atoms with Gasteiger partial charge in [-0.05, 0) is 43.3 Å². The van der Waals surface area contributed by atoms with Crippen molar-refractivity contribution in [3.63, 3.8) is 0 Å². The zero-order chi connectivity index (χ0) is 27.3. The average molecular weight is 532 g/mol. The first-order valence-corrected chi connectivity index (χ1v) is 11.7. The molecule has 2 amide bonds. The molecule has 0 aliphatic carbocycles. The van der Waals surface area contributed by atoms with E-state index in [0.29, 0.717) is 32.0 Å². The molecule has 8 nitrogen and oxygen atoms in total. The van der Waals surface area contributed by atoms with Crippen LogP contribution in [0.1, 0.15) is 17.3 Å². The Balaban J connectivity index is 1.55. The van der Waals surface area contributed by atoms with Gasteiger partial charge in [-0.3, -0.25) is 19.5 Å². The first-order chi connectivity index (χ1) is 18.1. The van der Waals surface area contributed by atoms with Crippen molar-refractivity contribution in [2.24, 2.45) is 0 Å². The molecule has 1 aliphatic rings. The molecular formula is C26H24F4N4O4. The highest BCUT2D eigenvalue weighted by Gasteiger charge is 2.32. The number of benzene rings is 2. The molecule has 38 heavy (non-hydrogen) atoms. The molecular weight excluding hydrogens is 508 g/mol. The summed E-state index contributed by atoms with van der Waals surface area (Å²) in [6.45, 7) is 3.57. The molecule has 1 saturated heterocycles. The van der Waals surface area contributed by atoms with Crippen LogP contribution in [0.5, 0.6) is 5.75 Å². The largest absolute Gasteiger partial charge is 0.573 e. The van der Waals surface area contributed by atoms with Gasteiger partial charge in [-0.1, -0.05) is 12.1 Å². The quantitative estimate of drug-likeness (QED) is 0.429. The van der Waals surface area contributed by atoms with Crippen LogP contribution in [-0.2, 0) is 9.53 Å². The molecule has 12 heteroatoms. The van der Waals surface area contributed by atoms with E-state index in [9.17, 15) is 27.2 Å². The van der Waals surface area contributed by atoms with Gasteiger partial charge in [0.2, 0.25) is 5.91 Å². The number of pyridine rings is 1. The maximum atomic E-state index is 14.0. The second-order valence-corrected chi connectivity index (χ2v) is 8.43. The molecule has 2 N–H and O–H groups in total. The molecule has 0 spiro atoms. The summed E-state index contributed by atoms with van der Waals surface area (Å²) in [5.41, 5.74) is 0.625. The van der Waals surface area contributed by atoms with Gasteiger partial charge >= 0.3 is 6.36 Å². The summed E-state index contributed by atoms with van der Waals surface area (Å²) in [7, 11) is 0. The number of nitrogens with zero attached hydrogens (tertiary/aromatic N) is 2. The van der Waals surface area contributed by atoms with Gasteiger partial charge in [0.15, 0.2) is 0 Å². The highest BCUT2D eigenvalue weighted by atomic mass is 19.4. The zero-order valence-corrected chi connectivity index (χ0v) is 20.2. The van der Waals surface area contributed by atoms with Crippen molar-refractivity contribution in [1.82, 2.24) is 9.88 Å². The molecule has 1 atom stereocenters. The van der Waals surface area contributed by atoms with E-state index in [0.717, 1.165) is 18.2 Å². The van der Waals surface area contributed by atoms with E-state index < -0.39 is 35.8 Å². The number of carbonyl (C=O) groups is 2. The molecule has 0 unspecified atom stereocenters. The smallest absolute Gasteiger partial charge is 0.406 e. The lowest BCUT2D eigenvalue weighted by Gasteiger charge is -2.31. The summed E-state index contributed by atoms with van der Waals surface area (Å²) in [5.74, 6) is -2.27. The van der Waals surface area contributed by atoms with Crippen LogP contribution in [0.4, 0.5) is 28.9 Å². The monoisotopic (exact) mass is 532 g/mol. The van der Waals surface area contributed by atoms with Crippen molar-refractivity contribution in [1.29, 1.82) is 0 Å². The molecule has 0 bridgehead atoms. The highest BCUT2D eigenvalue weighted by Crippen LogP contribution is 2.29. The summed E-state index contributed by atoms with van der Waals surface area (Å²) in [6, 6.07) is 11.5. The van der Waals surface area contributed by atoms with Crippen LogP contribution in [-0.4, -0.2) is 60.4 Å². The fourth-order valence-corrected chi connectivity index (χ4v) is 3.88. The lowest BCUT2D eigenvalue weighted by Crippen LogP contribution is -2.47. The minimum absolute atomic E-state index is 0.0970. The second-order valence-electron chi connectivity index (χ2n) is 8.43. The molecule has 200 valence electrons. The van der Waals surface area contributed by atoms with E-state index in [1.807, 2.05) is 4.90 Å². The van der Waals surface area contributed by atoms with Gasteiger partial charge in [0, 0.05) is 24.7 Å². The molecule has 2 aromatic carbocycles. The number of ether oxygens (including phenoxy) is 2. The number of halogens is 4. The third kappa shape index (κ3) is 6.84. The fourth-order valence-electron chi connectivity index (χ4n) is 3.88. The minimum atomic E-state index is -4.96. The number of hydrogen-bond acceptors (Lipinski definition) is 6. The Morgan fingerprint density at radius 3 is 2.45 bits per heavy atom. The number of alkyl halides is 3. The maximum Gasteiger partial charge on any atom is 0.573 e. The van der Waals surface area contributed by atoms with Crippen molar-refractivity contribution in [3.05, 3.63) is 72.2 Å². The Kier molecular flexibility index (Phi) is 8.23. The summed E-state index contributed by atoms with van der Waals surface area (Å²) < 4.78 is 61.7. The standard InChI is InChI=1S/C26H24F4N4O4/c1-16(34-10-12-37-13-11-34)24(35)33-23-14-18(38-26(28,29)30)7-8-20(23)25(36)32-17-6-9-22(31-15-17)19-4-2-3-5-21(19)27/h2-9,14-16H,10-13H2,1H3,(H,32,36)(H,33,35)/t16-/m0/s1. The van der Waals surface area contributed by atoms with Crippen LogP contribution in [0.3, 0.4) is 0 Å². The zero-order valence-electron chi connectivity index (χ0n) is 20.2. The van der Waals surface area contributed by atoms with E-state index in [1.54, 1.807) is 25.1 Å². The highest BCUT2D eigenvalue weighted by molar-refractivity contribution is 6.10. The summed E-state index contributed by atoms with van der Waals surface area (Å²) in [4.78, 5) is 32.0. The first kappa shape index (κ1) is 27.0. The van der Waals surface area contributed by atoms with Crippen molar-refractivity contribution < 1.29 is 36.6 Å². The Labute approximate surface area is 215 Å². The van der Waals surface area contributed by atoms with Crippen molar-refractivity contribution in [3.8, 4) is 17.0 Å². The summed E-state index contributed by atoms with van der Waals surface area (Å²) >= 11 is 0. The molecule has 3 aromatic rings. The van der Waals surface area contributed by atoms with Crippen LogP contribution >= 0.6 is 0 Å². The van der Waals surface area contributed by atoms with Crippen LogP contribution in [0, 0.1) is 5.82 Å². The van der Waals surface area contributed by atoms with E-state index in [2.05, 4.69) is 20.4 Å². The van der Waals surface area contributed by atoms with Crippen LogP contribution < -0.4 is 15.4 Å². The SMILES string of the molecule is C[C@@H](C(=O)Nc1cc(OC(F)(F)F)ccc1C(=O)Nc1ccc(-c2ccccc2F)nc1)N1CCOCC1. The number of morpholine rings is 1. The van der Waals surface area contributed by atoms with E-state index in [1.165, 1.54) is 24.4 Å². The Morgan fingerprint density at radius 1 is 1.05 bits per heavy atom. The first-order valence-electron chi connectivity index (χ1n) is 11.7. The Hall–Kier alpha value is -4.03. The van der Waals surface area contributed by atoms with Gasteiger partial charge in [0.05, 0.1) is 48.1 Å². The Morgan fingerprint density at radius 2 is 1.79 bits per heavy atom. The van der Waals surface area contributed by atoms with Crippen LogP contribution in [0.15, 0.2) is 60.8 Å². The van der Waals surface area contributed by atoms with E-state index in [-0.39, 0.29) is 22.5 Å². The molecule has 0 saturated carbocycles. The summed E-state index contributed by atoms with van der Waals surface area (Å²) in [6.07, 6.45) is -3.64. The lowest BCUT2D eigenvalue weighted by molar-refractivity contribution is -0.274. The molecule has 1 fully saturated rings. The molecule has 0 radical (unpaired) electrons. The molecule has 4 rings (SSSR count). The minimum Gasteiger partial charge on any atom is -0.406 e. The molecule has 1 aromatic heterocycles. The summed E-state index contributed by atoms with van der Waals surface area (Å²) in [5, 5.41) is 5.14. The van der Waals surface area contributed by atoms with Gasteiger partial charge in [0.25, 0.3) is 5.91 Å². The molecule has 1 aliphatic heterocycles. The van der Waals surface area contributed by atoms with Gasteiger partial charge in [-0.2, -0.15) is 0 Å². The number of anilines is 2. The molecule has 2 heterocycles. The topological polar surface area (TPSA) is 92.8 Å². The van der Waals surface area contributed by atoms with Gasteiger partial charge < -0.3 is 20.1 Å². The van der Waals surface area contributed by atoms with Crippen LogP contribution in [0.2, 0.25) is 0 Å². The maximum absolute atomic E-state index is 14.0. The second kappa shape index (κ2) is 11.6. The number of carbonyl (C=O) groups excluding carboxylic acids is 2. The normalized spacial score (nSPS) is 15.0. The van der Waals surface area contributed by atoms with Gasteiger partial charge in [-0.25, -0.2) is 4.39 Å². The van der Waals surface area contributed by atoms with Crippen molar-refractivity contribution in [2.75, 3.05) is 36.9 Å². The third-order valence-corrected chi connectivity index (χ3v) is 5.87. The number of aromatic nitrogens is 1. The number of nitrogens with one attached hydrogen (secondary N) is 2. The number of amides is 2. The number of rotatable bonds is 7. The third-order valence-electron chi connectivity index (χ3n) is 5.87. The van der Waals surface area contributed by atoms with E-state index in [4.69, 9.17) is 4.74 Å². The van der Waals surface area contributed by atoms with Gasteiger partial charge in [-0.15, -0.1) is 13.2 Å². The van der Waals surface area contributed by atoms with Crippen molar-refractivity contribution in [2.45, 2.75) is 19.3 Å². The average Bonchev–Trinajstić information content (AvgIpc) is 2.89. The Bertz CT molecular complexity index is 1300. The van der Waals surface area contributed by atoms with E-state index >= 15 is 0 Å². The van der Waals surface area contributed by atoms with Crippen molar-refractivity contribution >= 4 is 23.2 Å². The predicted molar refractivity (Wildman–Crippen MR) is 131 cm³/mol. The lowest BCUT2D eigenvalue weighted by atomic mass is 10.1. The number of hydrogen-bond donors (Lipinski definition) is 2. The predicted octanol–water partition coefficient (Wildman–Crippen LogP) is 4.70. The van der Waals surface area contributed by atoms with Crippen LogP contribution in [0.25, 0.3) is 11.3 Å². The fraction of sp³-hybridized carbons (Fsp3) is 0.269.